The Morgan fingerprint density at radius 3 is 2.32 bits per heavy atom. The fourth-order valence-corrected chi connectivity index (χ4v) is 6.70. The summed E-state index contributed by atoms with van der Waals surface area (Å²) in [5.74, 6) is 1.64. The number of anilines is 2. The molecule has 1 fully saturated rings. The summed E-state index contributed by atoms with van der Waals surface area (Å²) in [7, 11) is 4.04. The van der Waals surface area contributed by atoms with E-state index in [0.29, 0.717) is 24.5 Å². The normalized spacial score (nSPS) is 18.7. The number of halogens is 1. The van der Waals surface area contributed by atoms with E-state index in [-0.39, 0.29) is 5.25 Å². The summed E-state index contributed by atoms with van der Waals surface area (Å²) in [6, 6.07) is 25.2. The summed E-state index contributed by atoms with van der Waals surface area (Å²) < 4.78 is 0. The maximum atomic E-state index is 11.1. The third kappa shape index (κ3) is 8.13. The van der Waals surface area contributed by atoms with Crippen molar-refractivity contribution in [1.82, 2.24) is 15.3 Å². The standard InChI is InChI=1S/C33H40ClN5OS/c1-22-8-10-23(11-9-22)31(40)20-28(41-27-18-12-24(34)13-19-27)21-35-25-14-16-26(17-15-25)36-33-37-30-7-5-4-6-29(30)32(38-33)39(2)3/h4-13,18-19,25-26,28,31,35,40H,14-17,20-21H2,1-3H3,(H,36,37,38)/t25-,26+,28?,31?. The SMILES string of the molecule is Cc1ccc(C(O)CC(CN[C@H]2CC[C@@H](Nc3nc(N(C)C)c4ccccc4n3)CC2)Sc2ccc(Cl)cc2)cc1. The average Bonchev–Trinajstić information content (AvgIpc) is 2.97. The molecule has 1 aliphatic carbocycles. The fraction of sp³-hybridized carbons (Fsp3) is 0.394. The molecule has 0 radical (unpaired) electrons. The summed E-state index contributed by atoms with van der Waals surface area (Å²) in [4.78, 5) is 12.8. The topological polar surface area (TPSA) is 73.3 Å². The van der Waals surface area contributed by atoms with E-state index in [4.69, 9.17) is 21.6 Å². The fourth-order valence-electron chi connectivity index (χ4n) is 5.44. The molecule has 8 heteroatoms. The number of nitrogens with zero attached hydrogens (tertiary/aromatic N) is 3. The quantitative estimate of drug-likeness (QED) is 0.159. The number of thioether (sulfide) groups is 1. The Morgan fingerprint density at radius 1 is 0.927 bits per heavy atom. The predicted octanol–water partition coefficient (Wildman–Crippen LogP) is 7.25. The van der Waals surface area contributed by atoms with E-state index >= 15 is 0 Å². The second-order valence-corrected chi connectivity index (χ2v) is 13.0. The Labute approximate surface area is 252 Å². The molecule has 5 rings (SSSR count). The van der Waals surface area contributed by atoms with Crippen LogP contribution in [0.4, 0.5) is 11.8 Å². The zero-order chi connectivity index (χ0) is 28.8. The first-order chi connectivity index (χ1) is 19.8. The second kappa shape index (κ2) is 13.9. The Morgan fingerprint density at radius 2 is 1.61 bits per heavy atom. The highest BCUT2D eigenvalue weighted by Crippen LogP contribution is 2.32. The van der Waals surface area contributed by atoms with Gasteiger partial charge in [0.05, 0.1) is 11.6 Å². The summed E-state index contributed by atoms with van der Waals surface area (Å²) in [6.07, 6.45) is 4.47. The number of nitrogens with one attached hydrogen (secondary N) is 2. The van der Waals surface area contributed by atoms with Crippen LogP contribution in [0.25, 0.3) is 10.9 Å². The number of rotatable bonds is 11. The molecule has 2 atom stereocenters. The predicted molar refractivity (Wildman–Crippen MR) is 173 cm³/mol. The van der Waals surface area contributed by atoms with Gasteiger partial charge in [-0.1, -0.05) is 53.6 Å². The molecule has 0 aliphatic heterocycles. The van der Waals surface area contributed by atoms with E-state index in [0.717, 1.165) is 64.4 Å². The molecule has 3 aromatic carbocycles. The van der Waals surface area contributed by atoms with Crippen molar-refractivity contribution in [2.45, 2.75) is 67.4 Å². The van der Waals surface area contributed by atoms with Gasteiger partial charge >= 0.3 is 0 Å². The summed E-state index contributed by atoms with van der Waals surface area (Å²) in [5.41, 5.74) is 3.13. The van der Waals surface area contributed by atoms with Crippen LogP contribution in [0.2, 0.25) is 5.02 Å². The molecule has 0 amide bonds. The van der Waals surface area contributed by atoms with Gasteiger partial charge in [-0.2, -0.15) is 4.98 Å². The number of aliphatic hydroxyl groups excluding tert-OH is 1. The van der Waals surface area contributed by atoms with E-state index < -0.39 is 6.10 Å². The van der Waals surface area contributed by atoms with Crippen LogP contribution in [-0.2, 0) is 0 Å². The van der Waals surface area contributed by atoms with E-state index in [1.807, 2.05) is 61.5 Å². The van der Waals surface area contributed by atoms with Crippen molar-refractivity contribution in [3.8, 4) is 0 Å². The minimum absolute atomic E-state index is 0.221. The van der Waals surface area contributed by atoms with E-state index in [1.165, 1.54) is 5.56 Å². The van der Waals surface area contributed by atoms with Gasteiger partial charge in [0.15, 0.2) is 0 Å². The van der Waals surface area contributed by atoms with Crippen LogP contribution in [0, 0.1) is 6.92 Å². The van der Waals surface area contributed by atoms with Crippen molar-refractivity contribution >= 4 is 46.0 Å². The molecular formula is C33H40ClN5OS. The van der Waals surface area contributed by atoms with E-state index in [2.05, 4.69) is 47.9 Å². The lowest BCUT2D eigenvalue weighted by atomic mass is 9.91. The Bertz CT molecular complexity index is 1410. The summed E-state index contributed by atoms with van der Waals surface area (Å²) in [5, 5.41) is 20.5. The van der Waals surface area contributed by atoms with Crippen LogP contribution in [-0.4, -0.2) is 53.0 Å². The first-order valence-corrected chi connectivity index (χ1v) is 15.7. The lowest BCUT2D eigenvalue weighted by Gasteiger charge is -2.31. The molecule has 6 nitrogen and oxygen atoms in total. The van der Waals surface area contributed by atoms with Crippen LogP contribution in [0.15, 0.2) is 77.7 Å². The highest BCUT2D eigenvalue weighted by molar-refractivity contribution is 8.00. The first-order valence-electron chi connectivity index (χ1n) is 14.4. The van der Waals surface area contributed by atoms with Crippen LogP contribution in [0.3, 0.4) is 0 Å². The molecule has 3 N–H and O–H groups in total. The average molecular weight is 590 g/mol. The molecule has 1 aromatic heterocycles. The van der Waals surface area contributed by atoms with Crippen molar-refractivity contribution in [2.24, 2.45) is 0 Å². The van der Waals surface area contributed by atoms with Gasteiger partial charge in [0.2, 0.25) is 5.95 Å². The minimum atomic E-state index is -0.504. The molecule has 1 heterocycles. The molecule has 0 spiro atoms. The van der Waals surface area contributed by atoms with Crippen LogP contribution >= 0.6 is 23.4 Å². The maximum absolute atomic E-state index is 11.1. The number of fused-ring (bicyclic) bond motifs is 1. The first kappa shape index (κ1) is 29.6. The van der Waals surface area contributed by atoms with Crippen LogP contribution < -0.4 is 15.5 Å². The lowest BCUT2D eigenvalue weighted by molar-refractivity contribution is 0.165. The minimum Gasteiger partial charge on any atom is -0.388 e. The lowest BCUT2D eigenvalue weighted by Crippen LogP contribution is -2.40. The number of hydrogen-bond donors (Lipinski definition) is 3. The van der Waals surface area contributed by atoms with Crippen molar-refractivity contribution in [1.29, 1.82) is 0 Å². The third-order valence-corrected chi connectivity index (χ3v) is 9.25. The van der Waals surface area contributed by atoms with Crippen LogP contribution in [0.5, 0.6) is 0 Å². The molecule has 1 saturated carbocycles. The van der Waals surface area contributed by atoms with Crippen molar-refractivity contribution in [3.63, 3.8) is 0 Å². The van der Waals surface area contributed by atoms with Crippen molar-refractivity contribution < 1.29 is 5.11 Å². The maximum Gasteiger partial charge on any atom is 0.225 e. The smallest absolute Gasteiger partial charge is 0.225 e. The van der Waals surface area contributed by atoms with Gasteiger partial charge in [0.1, 0.15) is 5.82 Å². The van der Waals surface area contributed by atoms with Crippen LogP contribution in [0.1, 0.15) is 49.3 Å². The molecular weight excluding hydrogens is 550 g/mol. The molecule has 1 aliphatic rings. The van der Waals surface area contributed by atoms with Gasteiger partial charge in [-0.25, -0.2) is 4.98 Å². The Balaban J connectivity index is 1.17. The van der Waals surface area contributed by atoms with Gasteiger partial charge in [-0.05, 0) is 81.0 Å². The summed E-state index contributed by atoms with van der Waals surface area (Å²) >= 11 is 7.93. The van der Waals surface area contributed by atoms with E-state index in [9.17, 15) is 5.11 Å². The number of benzene rings is 3. The molecule has 0 bridgehead atoms. The van der Waals surface area contributed by atoms with Gasteiger partial charge in [-0.3, -0.25) is 0 Å². The highest BCUT2D eigenvalue weighted by Gasteiger charge is 2.24. The third-order valence-electron chi connectivity index (χ3n) is 7.77. The highest BCUT2D eigenvalue weighted by atomic mass is 35.5. The number of para-hydroxylation sites is 1. The van der Waals surface area contributed by atoms with Gasteiger partial charge in [-0.15, -0.1) is 11.8 Å². The summed E-state index contributed by atoms with van der Waals surface area (Å²) in [6.45, 7) is 2.90. The number of aryl methyl sites for hydroxylation is 1. The molecule has 2 unspecified atom stereocenters. The number of hydrogen-bond acceptors (Lipinski definition) is 7. The largest absolute Gasteiger partial charge is 0.388 e. The molecule has 216 valence electrons. The molecule has 41 heavy (non-hydrogen) atoms. The zero-order valence-electron chi connectivity index (χ0n) is 24.1. The van der Waals surface area contributed by atoms with Gasteiger partial charge in [0, 0.05) is 53.3 Å². The number of aromatic nitrogens is 2. The monoisotopic (exact) mass is 589 g/mol. The van der Waals surface area contributed by atoms with Crippen molar-refractivity contribution in [2.75, 3.05) is 30.9 Å². The number of aliphatic hydroxyl groups is 1. The van der Waals surface area contributed by atoms with Gasteiger partial charge < -0.3 is 20.6 Å². The van der Waals surface area contributed by atoms with E-state index in [1.54, 1.807) is 11.8 Å². The van der Waals surface area contributed by atoms with Gasteiger partial charge in [0.25, 0.3) is 0 Å². The molecule has 4 aromatic rings. The zero-order valence-corrected chi connectivity index (χ0v) is 25.6. The Kier molecular flexibility index (Phi) is 10.0. The second-order valence-electron chi connectivity index (χ2n) is 11.2. The Hall–Kier alpha value is -2.84. The molecule has 0 saturated heterocycles. The van der Waals surface area contributed by atoms with Crippen molar-refractivity contribution in [3.05, 3.63) is 88.9 Å².